The van der Waals surface area contributed by atoms with Crippen molar-refractivity contribution < 1.29 is 13.2 Å². The molecule has 0 radical (unpaired) electrons. The van der Waals surface area contributed by atoms with E-state index in [9.17, 15) is 13.2 Å². The molecule has 0 aliphatic rings. The van der Waals surface area contributed by atoms with Crippen molar-refractivity contribution in [3.05, 3.63) is 47.9 Å². The van der Waals surface area contributed by atoms with E-state index in [1.54, 1.807) is 11.9 Å². The minimum atomic E-state index is -4.55. The normalized spacial score (nSPS) is 11.8. The van der Waals surface area contributed by atoms with E-state index in [2.05, 4.69) is 15.1 Å². The first-order valence-electron chi connectivity index (χ1n) is 7.51. The van der Waals surface area contributed by atoms with Crippen molar-refractivity contribution in [2.45, 2.75) is 12.7 Å². The first kappa shape index (κ1) is 17.0. The summed E-state index contributed by atoms with van der Waals surface area (Å²) in [7, 11) is 5.57. The van der Waals surface area contributed by atoms with Crippen LogP contribution >= 0.6 is 0 Å². The molecule has 25 heavy (non-hydrogen) atoms. The Morgan fingerprint density at radius 1 is 1.12 bits per heavy atom. The lowest BCUT2D eigenvalue weighted by Gasteiger charge is -2.22. The SMILES string of the molecule is CN(C)c1cccc(CN(C)c2cc(C(F)(F)F)nc3ncnn23)c1. The van der Waals surface area contributed by atoms with Gasteiger partial charge in [0.1, 0.15) is 12.1 Å². The van der Waals surface area contributed by atoms with Crippen molar-refractivity contribution in [3.63, 3.8) is 0 Å². The number of hydrogen-bond donors (Lipinski definition) is 0. The number of benzene rings is 1. The van der Waals surface area contributed by atoms with Crippen LogP contribution in [0.15, 0.2) is 36.7 Å². The molecule has 6 nitrogen and oxygen atoms in total. The van der Waals surface area contributed by atoms with Gasteiger partial charge in [-0.3, -0.25) is 0 Å². The van der Waals surface area contributed by atoms with Crippen LogP contribution in [0.25, 0.3) is 5.78 Å². The molecule has 0 amide bonds. The molecule has 1 aromatic carbocycles. The lowest BCUT2D eigenvalue weighted by molar-refractivity contribution is -0.141. The minimum Gasteiger partial charge on any atom is -0.378 e. The molecule has 0 saturated carbocycles. The highest BCUT2D eigenvalue weighted by molar-refractivity contribution is 5.50. The molecule has 3 rings (SSSR count). The molecule has 0 aliphatic heterocycles. The second-order valence-electron chi connectivity index (χ2n) is 5.89. The van der Waals surface area contributed by atoms with E-state index in [0.29, 0.717) is 6.54 Å². The predicted molar refractivity (Wildman–Crippen MR) is 88.7 cm³/mol. The summed E-state index contributed by atoms with van der Waals surface area (Å²) in [5.74, 6) is 0.184. The Hall–Kier alpha value is -2.84. The van der Waals surface area contributed by atoms with Gasteiger partial charge in [0.05, 0.1) is 0 Å². The number of aromatic nitrogens is 4. The highest BCUT2D eigenvalue weighted by atomic mass is 19.4. The Morgan fingerprint density at radius 2 is 1.88 bits per heavy atom. The van der Waals surface area contributed by atoms with Gasteiger partial charge < -0.3 is 9.80 Å². The van der Waals surface area contributed by atoms with Gasteiger partial charge >= 0.3 is 6.18 Å². The maximum atomic E-state index is 13.1. The van der Waals surface area contributed by atoms with Crippen LogP contribution in [0.1, 0.15) is 11.3 Å². The first-order chi connectivity index (χ1) is 11.8. The van der Waals surface area contributed by atoms with Gasteiger partial charge in [0, 0.05) is 39.4 Å². The topological polar surface area (TPSA) is 49.6 Å². The zero-order chi connectivity index (χ0) is 18.2. The minimum absolute atomic E-state index is 0.0845. The smallest absolute Gasteiger partial charge is 0.378 e. The van der Waals surface area contributed by atoms with E-state index >= 15 is 0 Å². The van der Waals surface area contributed by atoms with Crippen LogP contribution in [0.5, 0.6) is 0 Å². The molecular weight excluding hydrogens is 333 g/mol. The number of alkyl halides is 3. The van der Waals surface area contributed by atoms with E-state index in [0.717, 1.165) is 17.3 Å². The molecule has 2 aromatic heterocycles. The largest absolute Gasteiger partial charge is 0.433 e. The molecule has 0 saturated heterocycles. The Kier molecular flexibility index (Phi) is 4.23. The summed E-state index contributed by atoms with van der Waals surface area (Å²) in [6, 6.07) is 8.77. The molecule has 0 N–H and O–H groups in total. The standard InChI is InChI=1S/C16H17F3N6/c1-23(2)12-6-4-5-11(7-12)9-24(3)14-8-13(16(17,18)19)22-15-20-10-21-25(14)15/h4-8,10H,9H2,1-3H3. The van der Waals surface area contributed by atoms with Gasteiger partial charge in [0.2, 0.25) is 0 Å². The number of rotatable bonds is 4. The van der Waals surface area contributed by atoms with Crippen molar-refractivity contribution in [1.29, 1.82) is 0 Å². The molecule has 2 heterocycles. The summed E-state index contributed by atoms with van der Waals surface area (Å²) < 4.78 is 40.6. The van der Waals surface area contributed by atoms with E-state index in [4.69, 9.17) is 0 Å². The van der Waals surface area contributed by atoms with Crippen LogP contribution in [0.3, 0.4) is 0 Å². The maximum Gasteiger partial charge on any atom is 0.433 e. The summed E-state index contributed by atoms with van der Waals surface area (Å²) in [4.78, 5) is 11.0. The number of fused-ring (bicyclic) bond motifs is 1. The molecule has 0 aliphatic carbocycles. The lowest BCUT2D eigenvalue weighted by atomic mass is 10.2. The fraction of sp³-hybridized carbons (Fsp3) is 0.312. The van der Waals surface area contributed by atoms with E-state index in [1.165, 1.54) is 10.8 Å². The van der Waals surface area contributed by atoms with Crippen LogP contribution in [0.2, 0.25) is 0 Å². The molecule has 132 valence electrons. The van der Waals surface area contributed by atoms with Crippen LogP contribution in [-0.4, -0.2) is 40.7 Å². The highest BCUT2D eigenvalue weighted by Crippen LogP contribution is 2.30. The van der Waals surface area contributed by atoms with Crippen LogP contribution < -0.4 is 9.80 Å². The molecule has 9 heteroatoms. The summed E-state index contributed by atoms with van der Waals surface area (Å²) in [6.07, 6.45) is -3.36. The number of anilines is 2. The Morgan fingerprint density at radius 3 is 2.56 bits per heavy atom. The summed E-state index contributed by atoms with van der Waals surface area (Å²) in [5.41, 5.74) is 0.992. The molecule has 0 fully saturated rings. The molecule has 3 aromatic rings. The third kappa shape index (κ3) is 3.49. The lowest BCUT2D eigenvalue weighted by Crippen LogP contribution is -2.22. The third-order valence-corrected chi connectivity index (χ3v) is 3.76. The van der Waals surface area contributed by atoms with Gasteiger partial charge in [-0.1, -0.05) is 12.1 Å². The number of hydrogen-bond acceptors (Lipinski definition) is 5. The van der Waals surface area contributed by atoms with Gasteiger partial charge in [-0.15, -0.1) is 0 Å². The molecule has 0 spiro atoms. The van der Waals surface area contributed by atoms with E-state index in [-0.39, 0.29) is 11.6 Å². The van der Waals surface area contributed by atoms with Crippen LogP contribution in [-0.2, 0) is 12.7 Å². The van der Waals surface area contributed by atoms with Gasteiger partial charge in [-0.2, -0.15) is 27.8 Å². The monoisotopic (exact) mass is 350 g/mol. The predicted octanol–water partition coefficient (Wildman–Crippen LogP) is 2.85. The van der Waals surface area contributed by atoms with Crippen molar-refractivity contribution in [1.82, 2.24) is 19.6 Å². The Balaban J connectivity index is 1.98. The van der Waals surface area contributed by atoms with Crippen molar-refractivity contribution in [2.24, 2.45) is 0 Å². The average Bonchev–Trinajstić information content (AvgIpc) is 3.01. The number of nitrogens with zero attached hydrogens (tertiary/aromatic N) is 6. The summed E-state index contributed by atoms with van der Waals surface area (Å²) >= 11 is 0. The Labute approximate surface area is 142 Å². The quantitative estimate of drug-likeness (QED) is 0.724. The molecule has 0 bridgehead atoms. The van der Waals surface area contributed by atoms with Gasteiger partial charge in [0.15, 0.2) is 5.69 Å². The highest BCUT2D eigenvalue weighted by Gasteiger charge is 2.34. The fourth-order valence-electron chi connectivity index (χ4n) is 2.50. The Bertz CT molecular complexity index is 887. The van der Waals surface area contributed by atoms with Gasteiger partial charge in [0.25, 0.3) is 5.78 Å². The average molecular weight is 350 g/mol. The zero-order valence-corrected chi connectivity index (χ0v) is 14.0. The second-order valence-corrected chi connectivity index (χ2v) is 5.89. The number of halogens is 3. The molecule has 0 atom stereocenters. The third-order valence-electron chi connectivity index (χ3n) is 3.76. The van der Waals surface area contributed by atoms with Gasteiger partial charge in [-0.25, -0.2) is 4.98 Å². The maximum absolute atomic E-state index is 13.1. The summed E-state index contributed by atoms with van der Waals surface area (Å²) in [6.45, 7) is 0.415. The van der Waals surface area contributed by atoms with Crippen LogP contribution in [0, 0.1) is 0 Å². The van der Waals surface area contributed by atoms with Crippen molar-refractivity contribution in [2.75, 3.05) is 30.9 Å². The zero-order valence-electron chi connectivity index (χ0n) is 14.0. The first-order valence-corrected chi connectivity index (χ1v) is 7.51. The molecular formula is C16H17F3N6. The van der Waals surface area contributed by atoms with Crippen molar-refractivity contribution >= 4 is 17.3 Å². The summed E-state index contributed by atoms with van der Waals surface area (Å²) in [5, 5.41) is 3.98. The molecule has 0 unspecified atom stereocenters. The van der Waals surface area contributed by atoms with E-state index in [1.807, 2.05) is 43.3 Å². The van der Waals surface area contributed by atoms with Crippen LogP contribution in [0.4, 0.5) is 24.7 Å². The van der Waals surface area contributed by atoms with Gasteiger partial charge in [-0.05, 0) is 17.7 Å². The van der Waals surface area contributed by atoms with E-state index < -0.39 is 11.9 Å². The second kappa shape index (κ2) is 6.23. The fourth-order valence-corrected chi connectivity index (χ4v) is 2.50. The van der Waals surface area contributed by atoms with Crippen molar-refractivity contribution in [3.8, 4) is 0 Å².